The summed E-state index contributed by atoms with van der Waals surface area (Å²) in [5.41, 5.74) is 11.4. The Kier molecular flexibility index (Phi) is 5.54. The van der Waals surface area contributed by atoms with Crippen LogP contribution in [0.3, 0.4) is 0 Å². The summed E-state index contributed by atoms with van der Waals surface area (Å²) < 4.78 is 32.8. The van der Waals surface area contributed by atoms with Crippen molar-refractivity contribution < 1.29 is 18.3 Å². The van der Waals surface area contributed by atoms with Crippen LogP contribution in [-0.2, 0) is 0 Å². The third kappa shape index (κ3) is 4.25. The van der Waals surface area contributed by atoms with Crippen LogP contribution in [0.4, 0.5) is 26.1 Å². The number of hydrogen-bond acceptors (Lipinski definition) is 8. The Bertz CT molecular complexity index is 865. The summed E-state index contributed by atoms with van der Waals surface area (Å²) >= 11 is 0. The Labute approximate surface area is 159 Å². The number of hydrogen-bond donors (Lipinski definition) is 4. The molecule has 2 heterocycles. The molecule has 1 saturated carbocycles. The van der Waals surface area contributed by atoms with Gasteiger partial charge in [-0.25, -0.2) is 18.7 Å². The van der Waals surface area contributed by atoms with Crippen molar-refractivity contribution in [2.24, 2.45) is 11.5 Å². The van der Waals surface area contributed by atoms with Crippen molar-refractivity contribution in [2.45, 2.75) is 37.3 Å². The maximum atomic E-state index is 13.9. The molecular formula is C17H21F2N7O2. The normalized spacial score (nSPS) is 21.0. The van der Waals surface area contributed by atoms with Crippen LogP contribution < -0.4 is 26.8 Å². The van der Waals surface area contributed by atoms with E-state index in [1.165, 1.54) is 25.7 Å². The fourth-order valence-electron chi connectivity index (χ4n) is 3.01. The van der Waals surface area contributed by atoms with Crippen LogP contribution >= 0.6 is 0 Å². The maximum absolute atomic E-state index is 13.9. The predicted octanol–water partition coefficient (Wildman–Crippen LogP) is 1.65. The quantitative estimate of drug-likeness (QED) is 0.580. The molecule has 2 unspecified atom stereocenters. The Hall–Kier alpha value is -3.08. The van der Waals surface area contributed by atoms with Gasteiger partial charge in [0, 0.05) is 18.5 Å². The van der Waals surface area contributed by atoms with Crippen LogP contribution in [0.5, 0.6) is 5.75 Å². The minimum absolute atomic E-state index is 0.0590. The van der Waals surface area contributed by atoms with Gasteiger partial charge in [-0.1, -0.05) is 0 Å². The molecular weight excluding hydrogens is 372 g/mol. The van der Waals surface area contributed by atoms with Crippen molar-refractivity contribution in [3.05, 3.63) is 30.4 Å². The van der Waals surface area contributed by atoms with Gasteiger partial charge in [0.05, 0.1) is 37.4 Å². The fraction of sp³-hybridized carbons (Fsp3) is 0.412. The first-order valence-electron chi connectivity index (χ1n) is 8.63. The highest BCUT2D eigenvalue weighted by molar-refractivity contribution is 5.96. The largest absolute Gasteiger partial charge is 0.495 e. The van der Waals surface area contributed by atoms with Gasteiger partial charge in [-0.15, -0.1) is 0 Å². The number of rotatable bonds is 6. The van der Waals surface area contributed by atoms with E-state index in [-0.39, 0.29) is 23.8 Å². The highest BCUT2D eigenvalue weighted by Gasteiger charge is 2.44. The molecule has 11 heteroatoms. The van der Waals surface area contributed by atoms with Crippen molar-refractivity contribution >= 4 is 23.2 Å². The summed E-state index contributed by atoms with van der Waals surface area (Å²) in [5, 5.41) is 5.79. The second-order valence-corrected chi connectivity index (χ2v) is 6.49. The lowest BCUT2D eigenvalue weighted by Crippen LogP contribution is -2.55. The maximum Gasteiger partial charge on any atom is 0.271 e. The number of halogens is 2. The SMILES string of the molecule is COc1cncc(Nc2nc(NC3CCCC(F)(F)C3N)cnc2C(N)=O)c1. The van der Waals surface area contributed by atoms with E-state index in [9.17, 15) is 13.6 Å². The van der Waals surface area contributed by atoms with Gasteiger partial charge in [-0.2, -0.15) is 0 Å². The number of methoxy groups -OCH3 is 1. The standard InChI is InChI=1S/C17H21F2N7O2/c1-28-10-5-9(6-22-7-10)24-16-13(15(21)27)23-8-12(26-16)25-11-3-2-4-17(18,19)14(11)20/h5-8,11,14H,2-4,20H2,1H3,(H2,21,27)(H2,24,25,26). The molecule has 1 aliphatic rings. The number of anilines is 3. The zero-order valence-corrected chi connectivity index (χ0v) is 15.2. The zero-order valence-electron chi connectivity index (χ0n) is 15.2. The summed E-state index contributed by atoms with van der Waals surface area (Å²) in [7, 11) is 1.49. The van der Waals surface area contributed by atoms with Crippen molar-refractivity contribution in [3.8, 4) is 5.75 Å². The fourth-order valence-corrected chi connectivity index (χ4v) is 3.01. The van der Waals surface area contributed by atoms with E-state index in [4.69, 9.17) is 16.2 Å². The topological polar surface area (TPSA) is 141 Å². The summed E-state index contributed by atoms with van der Waals surface area (Å²) in [6.45, 7) is 0. The number of pyridine rings is 1. The molecule has 0 aliphatic heterocycles. The Morgan fingerprint density at radius 3 is 2.86 bits per heavy atom. The molecule has 6 N–H and O–H groups in total. The minimum Gasteiger partial charge on any atom is -0.495 e. The molecule has 1 fully saturated rings. The van der Waals surface area contributed by atoms with E-state index in [0.717, 1.165) is 0 Å². The molecule has 0 bridgehead atoms. The molecule has 0 spiro atoms. The van der Waals surface area contributed by atoms with Gasteiger partial charge in [0.2, 0.25) is 0 Å². The van der Waals surface area contributed by atoms with Crippen LogP contribution in [-0.4, -0.2) is 46.0 Å². The van der Waals surface area contributed by atoms with Gasteiger partial charge in [0.25, 0.3) is 11.8 Å². The van der Waals surface area contributed by atoms with Gasteiger partial charge in [-0.3, -0.25) is 9.78 Å². The lowest BCUT2D eigenvalue weighted by atomic mass is 9.87. The Morgan fingerprint density at radius 1 is 1.36 bits per heavy atom. The summed E-state index contributed by atoms with van der Waals surface area (Å²) in [4.78, 5) is 23.9. The number of nitrogens with zero attached hydrogens (tertiary/aromatic N) is 3. The van der Waals surface area contributed by atoms with Crippen LogP contribution in [0, 0.1) is 0 Å². The smallest absolute Gasteiger partial charge is 0.271 e. The third-order valence-electron chi connectivity index (χ3n) is 4.50. The van der Waals surface area contributed by atoms with Crippen LogP contribution in [0.2, 0.25) is 0 Å². The van der Waals surface area contributed by atoms with E-state index < -0.39 is 23.9 Å². The van der Waals surface area contributed by atoms with Crippen LogP contribution in [0.25, 0.3) is 0 Å². The minimum atomic E-state index is -2.95. The monoisotopic (exact) mass is 393 g/mol. The Morgan fingerprint density at radius 2 is 2.14 bits per heavy atom. The molecule has 3 rings (SSSR count). The number of alkyl halides is 2. The van der Waals surface area contributed by atoms with Gasteiger partial charge < -0.3 is 26.8 Å². The molecule has 1 aliphatic carbocycles. The van der Waals surface area contributed by atoms with Gasteiger partial charge in [-0.05, 0) is 12.8 Å². The second-order valence-electron chi connectivity index (χ2n) is 6.49. The average molecular weight is 393 g/mol. The number of carbonyl (C=O) groups excluding carboxylic acids is 1. The molecule has 150 valence electrons. The summed E-state index contributed by atoms with van der Waals surface area (Å²) in [6, 6.07) is -0.390. The van der Waals surface area contributed by atoms with E-state index in [0.29, 0.717) is 24.3 Å². The number of aromatic nitrogens is 3. The second kappa shape index (κ2) is 7.89. The van der Waals surface area contributed by atoms with Crippen molar-refractivity contribution in [2.75, 3.05) is 17.7 Å². The lowest BCUT2D eigenvalue weighted by molar-refractivity contribution is -0.0554. The van der Waals surface area contributed by atoms with E-state index in [2.05, 4.69) is 25.6 Å². The summed E-state index contributed by atoms with van der Waals surface area (Å²) in [5.74, 6) is -3.00. The molecule has 2 aromatic heterocycles. The third-order valence-corrected chi connectivity index (χ3v) is 4.50. The first-order chi connectivity index (χ1) is 13.3. The van der Waals surface area contributed by atoms with Crippen molar-refractivity contribution in [1.29, 1.82) is 0 Å². The number of nitrogens with one attached hydrogen (secondary N) is 2. The molecule has 2 aromatic rings. The van der Waals surface area contributed by atoms with E-state index >= 15 is 0 Å². The van der Waals surface area contributed by atoms with Crippen LogP contribution in [0.1, 0.15) is 29.8 Å². The van der Waals surface area contributed by atoms with Gasteiger partial charge in [0.1, 0.15) is 11.6 Å². The number of primary amides is 1. The molecule has 0 radical (unpaired) electrons. The summed E-state index contributed by atoms with van der Waals surface area (Å²) in [6.07, 6.45) is 4.83. The van der Waals surface area contributed by atoms with Crippen molar-refractivity contribution in [1.82, 2.24) is 15.0 Å². The number of nitrogens with two attached hydrogens (primary N) is 2. The van der Waals surface area contributed by atoms with E-state index in [1.54, 1.807) is 6.07 Å². The predicted molar refractivity (Wildman–Crippen MR) is 98.8 cm³/mol. The highest BCUT2D eigenvalue weighted by Crippen LogP contribution is 2.33. The van der Waals surface area contributed by atoms with Crippen LogP contribution in [0.15, 0.2) is 24.7 Å². The number of amides is 1. The molecule has 0 aromatic carbocycles. The molecule has 0 saturated heterocycles. The molecule has 9 nitrogen and oxygen atoms in total. The van der Waals surface area contributed by atoms with Crippen molar-refractivity contribution in [3.63, 3.8) is 0 Å². The van der Waals surface area contributed by atoms with Gasteiger partial charge in [0.15, 0.2) is 11.5 Å². The number of carbonyl (C=O) groups is 1. The van der Waals surface area contributed by atoms with E-state index in [1.807, 2.05) is 0 Å². The molecule has 2 atom stereocenters. The zero-order chi connectivity index (χ0) is 20.3. The first kappa shape index (κ1) is 19.7. The highest BCUT2D eigenvalue weighted by atomic mass is 19.3. The first-order valence-corrected chi connectivity index (χ1v) is 8.63. The Balaban J connectivity index is 1.86. The lowest BCUT2D eigenvalue weighted by Gasteiger charge is -2.36. The molecule has 28 heavy (non-hydrogen) atoms. The van der Waals surface area contributed by atoms with Gasteiger partial charge >= 0.3 is 0 Å². The molecule has 1 amide bonds. The average Bonchev–Trinajstić information content (AvgIpc) is 2.65. The number of ether oxygens (including phenoxy) is 1.